The van der Waals surface area contributed by atoms with E-state index in [1.54, 1.807) is 4.90 Å². The Labute approximate surface area is 125 Å². The zero-order chi connectivity index (χ0) is 15.8. The first kappa shape index (κ1) is 16.0. The lowest BCUT2D eigenvalue weighted by Crippen LogP contribution is -2.59. The van der Waals surface area contributed by atoms with Crippen LogP contribution < -0.4 is 5.73 Å². The van der Waals surface area contributed by atoms with Gasteiger partial charge >= 0.3 is 0 Å². The van der Waals surface area contributed by atoms with Crippen LogP contribution in [0, 0.1) is 11.3 Å². The van der Waals surface area contributed by atoms with E-state index in [1.807, 2.05) is 25.9 Å². The number of rotatable bonds is 4. The van der Waals surface area contributed by atoms with Crippen molar-refractivity contribution >= 4 is 11.7 Å². The fourth-order valence-corrected chi connectivity index (χ4v) is 3.73. The van der Waals surface area contributed by atoms with E-state index in [9.17, 15) is 9.90 Å². The molecule has 2 atom stereocenters. The highest BCUT2D eigenvalue weighted by atomic mass is 16.4. The summed E-state index contributed by atoms with van der Waals surface area (Å²) in [6, 6.07) is -0.0261. The van der Waals surface area contributed by atoms with Gasteiger partial charge in [0.15, 0.2) is 5.84 Å². The Morgan fingerprint density at radius 2 is 2.10 bits per heavy atom. The first-order valence-corrected chi connectivity index (χ1v) is 7.42. The summed E-state index contributed by atoms with van der Waals surface area (Å²) in [6.07, 6.45) is 1.28. The number of nitrogens with two attached hydrogens (primary N) is 1. The monoisotopic (exact) mass is 298 g/mol. The molecule has 7 nitrogen and oxygen atoms in total. The van der Waals surface area contributed by atoms with E-state index < -0.39 is 11.5 Å². The number of amides is 1. The Kier molecular flexibility index (Phi) is 4.43. The van der Waals surface area contributed by atoms with Crippen molar-refractivity contribution in [3.05, 3.63) is 0 Å². The topological polar surface area (TPSA) is 102 Å². The standard InChI is InChI=1S/C14H26N4O3/c1-9-5-14(6-9,12(15)16-21)13(20)18-8-11(19)4-10(18)7-17(2)3/h9-11,19,21H,4-8H2,1-3H3,(H2,15,16). The quantitative estimate of drug-likeness (QED) is 0.285. The second kappa shape index (κ2) is 5.81. The molecule has 0 aromatic carbocycles. The van der Waals surface area contributed by atoms with Gasteiger partial charge in [-0.1, -0.05) is 12.1 Å². The lowest BCUT2D eigenvalue weighted by atomic mass is 9.61. The van der Waals surface area contributed by atoms with Gasteiger partial charge in [0.2, 0.25) is 5.91 Å². The molecular weight excluding hydrogens is 272 g/mol. The molecule has 2 rings (SSSR count). The molecule has 120 valence electrons. The number of likely N-dealkylation sites (N-methyl/N-ethyl adjacent to an activating group) is 1. The molecule has 1 saturated heterocycles. The first-order valence-electron chi connectivity index (χ1n) is 7.42. The molecule has 2 fully saturated rings. The molecule has 7 heteroatoms. The van der Waals surface area contributed by atoms with Crippen LogP contribution in [0.2, 0.25) is 0 Å². The molecule has 4 N–H and O–H groups in total. The van der Waals surface area contributed by atoms with Crippen LogP contribution in [-0.4, -0.2) is 71.2 Å². The van der Waals surface area contributed by atoms with Gasteiger partial charge in [0.1, 0.15) is 5.41 Å². The number of aliphatic hydroxyl groups excluding tert-OH is 1. The molecule has 2 unspecified atom stereocenters. The predicted molar refractivity (Wildman–Crippen MR) is 78.9 cm³/mol. The molecule has 21 heavy (non-hydrogen) atoms. The Hall–Kier alpha value is -1.34. The zero-order valence-corrected chi connectivity index (χ0v) is 13.0. The van der Waals surface area contributed by atoms with Crippen LogP contribution in [0.25, 0.3) is 0 Å². The number of carbonyl (C=O) groups is 1. The fourth-order valence-electron chi connectivity index (χ4n) is 3.73. The predicted octanol–water partition coefficient (Wildman–Crippen LogP) is -0.327. The number of aliphatic hydroxyl groups is 1. The summed E-state index contributed by atoms with van der Waals surface area (Å²) in [5, 5.41) is 22.0. The fraction of sp³-hybridized carbons (Fsp3) is 0.857. The Balaban J connectivity index is 2.20. The van der Waals surface area contributed by atoms with Gasteiger partial charge in [-0.3, -0.25) is 4.79 Å². The van der Waals surface area contributed by atoms with Gasteiger partial charge in [-0.05, 0) is 39.3 Å². The smallest absolute Gasteiger partial charge is 0.236 e. The molecule has 0 bridgehead atoms. The number of oxime groups is 1. The lowest BCUT2D eigenvalue weighted by Gasteiger charge is -2.46. The minimum absolute atomic E-state index is 0.00408. The van der Waals surface area contributed by atoms with Gasteiger partial charge in [0.25, 0.3) is 0 Å². The Morgan fingerprint density at radius 1 is 1.48 bits per heavy atom. The number of nitrogens with zero attached hydrogens (tertiary/aromatic N) is 3. The summed E-state index contributed by atoms with van der Waals surface area (Å²) in [4.78, 5) is 16.7. The van der Waals surface area contributed by atoms with Gasteiger partial charge in [-0.15, -0.1) is 0 Å². The van der Waals surface area contributed by atoms with Crippen molar-refractivity contribution in [2.24, 2.45) is 22.2 Å². The summed E-state index contributed by atoms with van der Waals surface area (Å²) < 4.78 is 0. The highest BCUT2D eigenvalue weighted by molar-refractivity contribution is 6.07. The van der Waals surface area contributed by atoms with Gasteiger partial charge in [-0.2, -0.15) is 0 Å². The number of likely N-dealkylation sites (tertiary alicyclic amines) is 1. The van der Waals surface area contributed by atoms with Crippen molar-refractivity contribution in [3.8, 4) is 0 Å². The third-order valence-electron chi connectivity index (χ3n) is 4.63. The van der Waals surface area contributed by atoms with Crippen molar-refractivity contribution < 1.29 is 15.1 Å². The van der Waals surface area contributed by atoms with E-state index >= 15 is 0 Å². The van der Waals surface area contributed by atoms with Crippen molar-refractivity contribution in [2.45, 2.75) is 38.3 Å². The highest BCUT2D eigenvalue weighted by Gasteiger charge is 2.55. The zero-order valence-electron chi connectivity index (χ0n) is 13.0. The molecule has 1 aliphatic heterocycles. The summed E-state index contributed by atoms with van der Waals surface area (Å²) in [5.74, 6) is 0.268. The van der Waals surface area contributed by atoms with Crippen LogP contribution in [-0.2, 0) is 4.79 Å². The van der Waals surface area contributed by atoms with Gasteiger partial charge < -0.3 is 25.8 Å². The van der Waals surface area contributed by atoms with Crippen LogP contribution in [0.4, 0.5) is 0 Å². The Bertz CT molecular complexity index is 432. The molecule has 2 aliphatic rings. The van der Waals surface area contributed by atoms with E-state index in [0.717, 1.165) is 0 Å². The molecule has 1 amide bonds. The van der Waals surface area contributed by atoms with E-state index in [0.29, 0.717) is 38.3 Å². The first-order chi connectivity index (χ1) is 9.80. The van der Waals surface area contributed by atoms with Crippen LogP contribution in [0.1, 0.15) is 26.2 Å². The average molecular weight is 298 g/mol. The molecule has 0 spiro atoms. The highest BCUT2D eigenvalue weighted by Crippen LogP contribution is 2.47. The SMILES string of the molecule is CC1CC(C(=O)N2CC(O)CC2CN(C)C)(C(N)=NO)C1. The Morgan fingerprint density at radius 3 is 2.57 bits per heavy atom. The molecule has 1 aliphatic carbocycles. The lowest BCUT2D eigenvalue weighted by molar-refractivity contribution is -0.145. The molecule has 0 aromatic heterocycles. The maximum atomic E-state index is 13.0. The summed E-state index contributed by atoms with van der Waals surface area (Å²) >= 11 is 0. The largest absolute Gasteiger partial charge is 0.409 e. The number of β-amino-alcohol motifs (C(OH)–C–C–N with tert-alkyl or cyclic N) is 1. The molecular formula is C14H26N4O3. The maximum absolute atomic E-state index is 13.0. The minimum Gasteiger partial charge on any atom is -0.409 e. The third kappa shape index (κ3) is 2.85. The summed E-state index contributed by atoms with van der Waals surface area (Å²) in [5.41, 5.74) is 4.92. The summed E-state index contributed by atoms with van der Waals surface area (Å²) in [7, 11) is 3.89. The number of hydrogen-bond donors (Lipinski definition) is 3. The van der Waals surface area contributed by atoms with Crippen LogP contribution >= 0.6 is 0 Å². The van der Waals surface area contributed by atoms with Crippen molar-refractivity contribution in [2.75, 3.05) is 27.2 Å². The van der Waals surface area contributed by atoms with Gasteiger partial charge in [0.05, 0.1) is 6.10 Å². The van der Waals surface area contributed by atoms with Gasteiger partial charge in [0, 0.05) is 19.1 Å². The molecule has 0 radical (unpaired) electrons. The van der Waals surface area contributed by atoms with Gasteiger partial charge in [-0.25, -0.2) is 0 Å². The molecule has 1 heterocycles. The van der Waals surface area contributed by atoms with E-state index in [1.165, 1.54) is 0 Å². The number of hydrogen-bond acceptors (Lipinski definition) is 5. The van der Waals surface area contributed by atoms with E-state index in [-0.39, 0.29) is 17.8 Å². The number of amidine groups is 1. The molecule has 0 aromatic rings. The minimum atomic E-state index is -0.886. The van der Waals surface area contributed by atoms with E-state index in [4.69, 9.17) is 10.9 Å². The van der Waals surface area contributed by atoms with Crippen LogP contribution in [0.3, 0.4) is 0 Å². The average Bonchev–Trinajstić information content (AvgIpc) is 2.72. The second-order valence-electron chi connectivity index (χ2n) is 6.84. The third-order valence-corrected chi connectivity index (χ3v) is 4.63. The number of carbonyl (C=O) groups excluding carboxylic acids is 1. The molecule has 1 saturated carbocycles. The van der Waals surface area contributed by atoms with Crippen LogP contribution in [0.15, 0.2) is 5.16 Å². The van der Waals surface area contributed by atoms with Crippen molar-refractivity contribution in [1.29, 1.82) is 0 Å². The van der Waals surface area contributed by atoms with Crippen LogP contribution in [0.5, 0.6) is 0 Å². The second-order valence-corrected chi connectivity index (χ2v) is 6.84. The summed E-state index contributed by atoms with van der Waals surface area (Å²) in [6.45, 7) is 3.07. The van der Waals surface area contributed by atoms with Crippen molar-refractivity contribution in [1.82, 2.24) is 9.80 Å². The normalized spacial score (nSPS) is 36.9. The van der Waals surface area contributed by atoms with Crippen molar-refractivity contribution in [3.63, 3.8) is 0 Å². The van der Waals surface area contributed by atoms with E-state index in [2.05, 4.69) is 5.16 Å². The maximum Gasteiger partial charge on any atom is 0.236 e.